The lowest BCUT2D eigenvalue weighted by molar-refractivity contribution is 0.348. The molecule has 2 aromatic heterocycles. The number of sulfonamides is 1. The Hall–Kier alpha value is -3.27. The molecule has 0 aliphatic carbocycles. The van der Waals surface area contributed by atoms with Gasteiger partial charge in [0.05, 0.1) is 14.9 Å². The fraction of sp³-hybridized carbons (Fsp3) is 0.231. The van der Waals surface area contributed by atoms with Crippen molar-refractivity contribution in [2.75, 3.05) is 0 Å². The van der Waals surface area contributed by atoms with E-state index in [4.69, 9.17) is 46.4 Å². The summed E-state index contributed by atoms with van der Waals surface area (Å²) in [5, 5.41) is 8.21. The molecule has 0 saturated carbocycles. The van der Waals surface area contributed by atoms with Crippen LogP contribution in [0.3, 0.4) is 0 Å². The highest BCUT2D eigenvalue weighted by molar-refractivity contribution is 7.89. The summed E-state index contributed by atoms with van der Waals surface area (Å²) in [5.41, 5.74) is 3.42. The minimum absolute atomic E-state index is 0.167. The van der Waals surface area contributed by atoms with Crippen molar-refractivity contribution in [3.63, 3.8) is 0 Å². The van der Waals surface area contributed by atoms with Gasteiger partial charge in [-0.05, 0) is 50.1 Å². The number of hydrogen-bond acceptors (Lipinski definition) is 5. The highest BCUT2D eigenvalue weighted by atomic mass is 35.5. The molecule has 6 nitrogen and oxygen atoms in total. The van der Waals surface area contributed by atoms with Crippen LogP contribution in [-0.4, -0.2) is 34.8 Å². The van der Waals surface area contributed by atoms with Crippen molar-refractivity contribution in [1.29, 1.82) is 0 Å². The van der Waals surface area contributed by atoms with Crippen molar-refractivity contribution >= 4 is 78.0 Å². The molecular formula is C39H40Cl4N4O2S. The van der Waals surface area contributed by atoms with Crippen LogP contribution in [-0.2, 0) is 23.1 Å². The first-order valence-corrected chi connectivity index (χ1v) is 19.0. The van der Waals surface area contributed by atoms with Crippen molar-refractivity contribution in [1.82, 2.24) is 19.6 Å². The number of halogens is 4. The number of nitrogens with one attached hydrogen (secondary N) is 1. The van der Waals surface area contributed by atoms with Gasteiger partial charge in [-0.3, -0.25) is 0 Å². The largest absolute Gasteiger partial charge is 0.310 e. The Labute approximate surface area is 315 Å². The van der Waals surface area contributed by atoms with Gasteiger partial charge in [0, 0.05) is 59.1 Å². The monoisotopic (exact) mass is 768 g/mol. The lowest BCUT2D eigenvalue weighted by Crippen LogP contribution is -2.36. The Bertz CT molecular complexity index is 2130. The van der Waals surface area contributed by atoms with Crippen LogP contribution in [0.15, 0.2) is 114 Å². The summed E-state index contributed by atoms with van der Waals surface area (Å²) in [5.74, 6) is 0. The van der Waals surface area contributed by atoms with E-state index in [1.807, 2.05) is 75.4 Å². The van der Waals surface area contributed by atoms with Crippen LogP contribution in [0.25, 0.3) is 21.5 Å². The van der Waals surface area contributed by atoms with E-state index >= 15 is 0 Å². The Morgan fingerprint density at radius 1 is 0.660 bits per heavy atom. The Morgan fingerprint density at radius 2 is 1.16 bits per heavy atom. The minimum atomic E-state index is -3.72. The van der Waals surface area contributed by atoms with E-state index < -0.39 is 10.0 Å². The Balaban J connectivity index is 0.000000194. The Kier molecular flexibility index (Phi) is 14.5. The normalized spacial score (nSPS) is 11.4. The number of fused-ring (bicyclic) bond motifs is 2. The molecule has 2 heterocycles. The molecule has 0 unspecified atom stereocenters. The van der Waals surface area contributed by atoms with Crippen LogP contribution in [0.2, 0.25) is 20.4 Å². The van der Waals surface area contributed by atoms with Gasteiger partial charge >= 0.3 is 0 Å². The van der Waals surface area contributed by atoms with Crippen LogP contribution >= 0.6 is 46.4 Å². The quantitative estimate of drug-likeness (QED) is 0.156. The molecule has 0 aliphatic heterocycles. The molecule has 0 bridgehead atoms. The van der Waals surface area contributed by atoms with Crippen molar-refractivity contribution in [3.05, 3.63) is 146 Å². The molecule has 0 fully saturated rings. The first-order valence-electron chi connectivity index (χ1n) is 16.0. The number of pyridine rings is 2. The van der Waals surface area contributed by atoms with Crippen LogP contribution < -0.4 is 5.32 Å². The standard InChI is InChI=1S/C19H18Cl2N2O2S.C10H7Cl2N.C10H15N/c1-13(2)23(12-14-6-4-3-5-7-14)26(24,25)15-8-9-16-17(10-15)19(21)22-11-18(16)20;1-6-2-3-7-8(4-6)10(12)13-5-9(7)11;1-9(2)11-8-10-6-4-3-5-7-10/h3-11,13H,12H2,1-2H3;2-5H,1H3;3-7,9,11H,8H2,1-2H3. The average Bonchev–Trinajstić information content (AvgIpc) is 3.10. The number of hydrogen-bond donors (Lipinski definition) is 1. The fourth-order valence-corrected chi connectivity index (χ4v) is 7.46. The highest BCUT2D eigenvalue weighted by Crippen LogP contribution is 2.32. The van der Waals surface area contributed by atoms with Crippen LogP contribution in [0.1, 0.15) is 44.4 Å². The van der Waals surface area contributed by atoms with Gasteiger partial charge in [-0.1, -0.05) is 145 Å². The molecule has 4 aromatic carbocycles. The molecule has 11 heteroatoms. The predicted octanol–water partition coefficient (Wildman–Crippen LogP) is 11.2. The zero-order valence-corrected chi connectivity index (χ0v) is 32.4. The van der Waals surface area contributed by atoms with Crippen LogP contribution in [0, 0.1) is 6.92 Å². The molecule has 0 spiro atoms. The van der Waals surface area contributed by atoms with Gasteiger partial charge in [0.1, 0.15) is 10.3 Å². The van der Waals surface area contributed by atoms with Crippen LogP contribution in [0.4, 0.5) is 0 Å². The van der Waals surface area contributed by atoms with Crippen LogP contribution in [0.5, 0.6) is 0 Å². The lowest BCUT2D eigenvalue weighted by Gasteiger charge is -2.26. The molecule has 6 rings (SSSR count). The molecule has 0 radical (unpaired) electrons. The van der Waals surface area contributed by atoms with E-state index in [1.165, 1.54) is 22.1 Å². The number of aromatic nitrogens is 2. The highest BCUT2D eigenvalue weighted by Gasteiger charge is 2.28. The maximum Gasteiger partial charge on any atom is 0.243 e. The van der Waals surface area contributed by atoms with Gasteiger partial charge in [-0.15, -0.1) is 0 Å². The number of rotatable bonds is 8. The van der Waals surface area contributed by atoms with E-state index in [-0.39, 0.29) is 16.1 Å². The smallest absolute Gasteiger partial charge is 0.243 e. The predicted molar refractivity (Wildman–Crippen MR) is 211 cm³/mol. The van der Waals surface area contributed by atoms with Gasteiger partial charge in [-0.2, -0.15) is 4.31 Å². The second kappa shape index (κ2) is 18.3. The summed E-state index contributed by atoms with van der Waals surface area (Å²) < 4.78 is 28.0. The third kappa shape index (κ3) is 10.6. The van der Waals surface area contributed by atoms with E-state index in [1.54, 1.807) is 18.3 Å². The molecule has 0 amide bonds. The molecule has 0 aliphatic rings. The van der Waals surface area contributed by atoms with E-state index in [2.05, 4.69) is 53.4 Å². The van der Waals surface area contributed by atoms with Gasteiger partial charge in [0.15, 0.2) is 0 Å². The van der Waals surface area contributed by atoms with Gasteiger partial charge in [0.25, 0.3) is 0 Å². The molecular weight excluding hydrogens is 730 g/mol. The van der Waals surface area contributed by atoms with E-state index in [0.29, 0.717) is 38.6 Å². The van der Waals surface area contributed by atoms with Gasteiger partial charge in [-0.25, -0.2) is 18.4 Å². The summed E-state index contributed by atoms with van der Waals surface area (Å²) >= 11 is 24.2. The van der Waals surface area contributed by atoms with Crippen molar-refractivity contribution in [2.45, 2.75) is 64.7 Å². The first-order chi connectivity index (χ1) is 23.8. The molecule has 0 atom stereocenters. The maximum atomic E-state index is 13.2. The Morgan fingerprint density at radius 3 is 1.68 bits per heavy atom. The number of nitrogens with zero attached hydrogens (tertiary/aromatic N) is 3. The summed E-state index contributed by atoms with van der Waals surface area (Å²) in [6, 6.07) is 31.0. The van der Waals surface area contributed by atoms with E-state index in [0.717, 1.165) is 28.4 Å². The average molecular weight is 771 g/mol. The SMILES string of the molecule is CC(C)N(Cc1ccccc1)S(=O)(=O)c1ccc2c(Cl)cnc(Cl)c2c1.CC(C)NCc1ccccc1.Cc1ccc2c(Cl)cnc(Cl)c2c1. The topological polar surface area (TPSA) is 75.2 Å². The van der Waals surface area contributed by atoms with Crippen molar-refractivity contribution in [3.8, 4) is 0 Å². The first kappa shape index (κ1) is 39.5. The zero-order chi connectivity index (χ0) is 36.4. The third-order valence-corrected chi connectivity index (χ3v) is 10.9. The molecule has 262 valence electrons. The third-order valence-electron chi connectivity index (χ3n) is 7.63. The molecule has 1 N–H and O–H groups in total. The molecule has 50 heavy (non-hydrogen) atoms. The molecule has 6 aromatic rings. The summed E-state index contributed by atoms with van der Waals surface area (Å²) in [6.45, 7) is 11.3. The van der Waals surface area contributed by atoms with Gasteiger partial charge < -0.3 is 5.32 Å². The fourth-order valence-electron chi connectivity index (χ4n) is 4.97. The summed E-state index contributed by atoms with van der Waals surface area (Å²) in [4.78, 5) is 8.15. The second-order valence-corrected chi connectivity index (χ2v) is 15.6. The minimum Gasteiger partial charge on any atom is -0.310 e. The van der Waals surface area contributed by atoms with E-state index in [9.17, 15) is 8.42 Å². The second-order valence-electron chi connectivity index (χ2n) is 12.2. The molecule has 0 saturated heterocycles. The zero-order valence-electron chi connectivity index (χ0n) is 28.5. The summed E-state index contributed by atoms with van der Waals surface area (Å²) in [6.07, 6.45) is 3.03. The van der Waals surface area contributed by atoms with Gasteiger partial charge in [0.2, 0.25) is 10.0 Å². The number of aryl methyl sites for hydroxylation is 1. The summed E-state index contributed by atoms with van der Waals surface area (Å²) in [7, 11) is -3.72. The van der Waals surface area contributed by atoms with Crippen molar-refractivity contribution < 1.29 is 8.42 Å². The maximum absolute atomic E-state index is 13.2. The lowest BCUT2D eigenvalue weighted by atomic mass is 10.1. The number of benzene rings is 4. The van der Waals surface area contributed by atoms with Crippen molar-refractivity contribution in [2.24, 2.45) is 0 Å².